The van der Waals surface area contributed by atoms with Crippen molar-refractivity contribution in [1.29, 1.82) is 0 Å². The van der Waals surface area contributed by atoms with Crippen LogP contribution in [0.1, 0.15) is 61.4 Å². The summed E-state index contributed by atoms with van der Waals surface area (Å²) in [4.78, 5) is 0. The zero-order chi connectivity index (χ0) is 20.1. The summed E-state index contributed by atoms with van der Waals surface area (Å²) in [6.45, 7) is 6.48. The molecule has 0 bridgehead atoms. The van der Waals surface area contributed by atoms with Gasteiger partial charge in [0.15, 0.2) is 0 Å². The molecular weight excluding hydrogens is 344 g/mol. The van der Waals surface area contributed by atoms with Crippen LogP contribution in [0.3, 0.4) is 0 Å². The summed E-state index contributed by atoms with van der Waals surface area (Å²) in [6, 6.07) is 22.4. The van der Waals surface area contributed by atoms with E-state index in [0.29, 0.717) is 11.5 Å². The fourth-order valence-electron chi connectivity index (χ4n) is 4.00. The SMILES string of the molecule is CCCc1cc(C(C)(c2ccccc2)c2ccc(O)c(CCC)c2)ccc1O. The summed E-state index contributed by atoms with van der Waals surface area (Å²) < 4.78 is 0. The first-order valence-corrected chi connectivity index (χ1v) is 10.2. The lowest BCUT2D eigenvalue weighted by molar-refractivity contribution is 0.466. The molecule has 0 fully saturated rings. The molecule has 0 aromatic heterocycles. The Labute approximate surface area is 168 Å². The summed E-state index contributed by atoms with van der Waals surface area (Å²) in [5.41, 5.74) is 5.06. The third-order valence-electron chi connectivity index (χ3n) is 5.70. The standard InChI is InChI=1S/C26H30O2/c1-4-9-19-17-22(13-15-24(19)27)26(3,21-11-7-6-8-12-21)23-14-16-25(28)20(18-23)10-5-2/h6-8,11-18,27-28H,4-5,9-10H2,1-3H3. The van der Waals surface area contributed by atoms with Crippen LogP contribution in [0.4, 0.5) is 0 Å². The van der Waals surface area contributed by atoms with Crippen LogP contribution in [-0.2, 0) is 18.3 Å². The molecule has 0 atom stereocenters. The van der Waals surface area contributed by atoms with Crippen LogP contribution < -0.4 is 0 Å². The summed E-state index contributed by atoms with van der Waals surface area (Å²) in [6.07, 6.45) is 3.67. The molecule has 0 aliphatic heterocycles. The lowest BCUT2D eigenvalue weighted by Crippen LogP contribution is -2.25. The first-order valence-electron chi connectivity index (χ1n) is 10.2. The first-order chi connectivity index (χ1) is 13.5. The molecule has 0 aliphatic carbocycles. The normalized spacial score (nSPS) is 11.5. The Hall–Kier alpha value is -2.74. The maximum Gasteiger partial charge on any atom is 0.118 e. The van der Waals surface area contributed by atoms with Crippen LogP contribution in [0.25, 0.3) is 0 Å². The topological polar surface area (TPSA) is 40.5 Å². The lowest BCUT2D eigenvalue weighted by Gasteiger charge is -2.33. The minimum Gasteiger partial charge on any atom is -0.508 e. The smallest absolute Gasteiger partial charge is 0.118 e. The van der Waals surface area contributed by atoms with Gasteiger partial charge in [0.2, 0.25) is 0 Å². The highest BCUT2D eigenvalue weighted by molar-refractivity contribution is 5.54. The summed E-state index contributed by atoms with van der Waals surface area (Å²) in [5.74, 6) is 0.719. The molecule has 0 unspecified atom stereocenters. The zero-order valence-electron chi connectivity index (χ0n) is 17.1. The van der Waals surface area contributed by atoms with E-state index in [0.717, 1.165) is 47.9 Å². The lowest BCUT2D eigenvalue weighted by atomic mass is 9.70. The van der Waals surface area contributed by atoms with Crippen molar-refractivity contribution in [3.05, 3.63) is 94.5 Å². The van der Waals surface area contributed by atoms with E-state index in [9.17, 15) is 10.2 Å². The Bertz CT molecular complexity index is 873. The molecule has 2 N–H and O–H groups in total. The molecule has 0 saturated carbocycles. The molecule has 0 radical (unpaired) electrons. The molecule has 146 valence electrons. The monoisotopic (exact) mass is 374 g/mol. The quantitative estimate of drug-likeness (QED) is 0.473. The molecular formula is C26H30O2. The van der Waals surface area contributed by atoms with E-state index in [1.54, 1.807) is 0 Å². The van der Waals surface area contributed by atoms with E-state index in [1.165, 1.54) is 5.56 Å². The largest absolute Gasteiger partial charge is 0.508 e. The van der Waals surface area contributed by atoms with Gasteiger partial charge in [-0.2, -0.15) is 0 Å². The Morgan fingerprint density at radius 1 is 0.643 bits per heavy atom. The van der Waals surface area contributed by atoms with Gasteiger partial charge in [0.25, 0.3) is 0 Å². The van der Waals surface area contributed by atoms with Crippen LogP contribution in [0, 0.1) is 0 Å². The van der Waals surface area contributed by atoms with Crippen LogP contribution in [0.15, 0.2) is 66.7 Å². The van der Waals surface area contributed by atoms with Gasteiger partial charge in [0, 0.05) is 5.41 Å². The molecule has 28 heavy (non-hydrogen) atoms. The van der Waals surface area contributed by atoms with Gasteiger partial charge in [-0.1, -0.05) is 81.3 Å². The van der Waals surface area contributed by atoms with E-state index in [1.807, 2.05) is 30.3 Å². The number of aromatic hydroxyl groups is 2. The maximum atomic E-state index is 10.3. The minimum atomic E-state index is -0.381. The first kappa shape index (κ1) is 20.0. The Balaban J connectivity index is 2.23. The average molecular weight is 375 g/mol. The van der Waals surface area contributed by atoms with Gasteiger partial charge in [-0.25, -0.2) is 0 Å². The van der Waals surface area contributed by atoms with E-state index in [2.05, 4.69) is 57.2 Å². The second-order valence-corrected chi connectivity index (χ2v) is 7.68. The average Bonchev–Trinajstić information content (AvgIpc) is 2.71. The van der Waals surface area contributed by atoms with Gasteiger partial charge in [-0.3, -0.25) is 0 Å². The molecule has 0 amide bonds. The van der Waals surface area contributed by atoms with Crippen molar-refractivity contribution in [3.8, 4) is 11.5 Å². The number of hydrogen-bond acceptors (Lipinski definition) is 2. The van der Waals surface area contributed by atoms with Crippen molar-refractivity contribution in [2.24, 2.45) is 0 Å². The minimum absolute atomic E-state index is 0.360. The van der Waals surface area contributed by atoms with Crippen molar-refractivity contribution >= 4 is 0 Å². The van der Waals surface area contributed by atoms with E-state index in [-0.39, 0.29) is 5.41 Å². The van der Waals surface area contributed by atoms with Gasteiger partial charge in [-0.05, 0) is 59.7 Å². The molecule has 3 aromatic rings. The fourth-order valence-corrected chi connectivity index (χ4v) is 4.00. The van der Waals surface area contributed by atoms with Crippen molar-refractivity contribution in [2.75, 3.05) is 0 Å². The summed E-state index contributed by atoms with van der Waals surface area (Å²) in [5, 5.41) is 20.6. The number of phenolic OH excluding ortho intramolecular Hbond substituents is 2. The Morgan fingerprint density at radius 3 is 1.54 bits per heavy atom. The molecule has 3 rings (SSSR count). The van der Waals surface area contributed by atoms with Gasteiger partial charge in [-0.15, -0.1) is 0 Å². The van der Waals surface area contributed by atoms with Gasteiger partial charge < -0.3 is 10.2 Å². The second kappa shape index (κ2) is 8.52. The van der Waals surface area contributed by atoms with Crippen molar-refractivity contribution in [1.82, 2.24) is 0 Å². The maximum absolute atomic E-state index is 10.3. The van der Waals surface area contributed by atoms with Crippen molar-refractivity contribution in [3.63, 3.8) is 0 Å². The van der Waals surface area contributed by atoms with E-state index in [4.69, 9.17) is 0 Å². The van der Waals surface area contributed by atoms with Crippen LogP contribution >= 0.6 is 0 Å². The highest BCUT2D eigenvalue weighted by atomic mass is 16.3. The van der Waals surface area contributed by atoms with Gasteiger partial charge in [0.1, 0.15) is 11.5 Å². The highest BCUT2D eigenvalue weighted by Gasteiger charge is 2.32. The zero-order valence-corrected chi connectivity index (χ0v) is 17.1. The number of phenols is 2. The summed E-state index contributed by atoms with van der Waals surface area (Å²) >= 11 is 0. The summed E-state index contributed by atoms with van der Waals surface area (Å²) in [7, 11) is 0. The molecule has 2 nitrogen and oxygen atoms in total. The molecule has 0 saturated heterocycles. The van der Waals surface area contributed by atoms with Crippen LogP contribution in [0.2, 0.25) is 0 Å². The third kappa shape index (κ3) is 3.77. The number of rotatable bonds is 7. The fraction of sp³-hybridized carbons (Fsp3) is 0.308. The Kier molecular flexibility index (Phi) is 6.08. The van der Waals surface area contributed by atoms with Crippen LogP contribution in [-0.4, -0.2) is 10.2 Å². The highest BCUT2D eigenvalue weighted by Crippen LogP contribution is 2.41. The Morgan fingerprint density at radius 2 is 1.11 bits per heavy atom. The van der Waals surface area contributed by atoms with Gasteiger partial charge in [0.05, 0.1) is 0 Å². The predicted molar refractivity (Wildman–Crippen MR) is 116 cm³/mol. The van der Waals surface area contributed by atoms with E-state index < -0.39 is 0 Å². The number of benzene rings is 3. The van der Waals surface area contributed by atoms with E-state index >= 15 is 0 Å². The van der Waals surface area contributed by atoms with Crippen molar-refractivity contribution in [2.45, 2.75) is 51.9 Å². The van der Waals surface area contributed by atoms with Crippen LogP contribution in [0.5, 0.6) is 11.5 Å². The van der Waals surface area contributed by atoms with Gasteiger partial charge >= 0.3 is 0 Å². The number of aryl methyl sites for hydroxylation is 2. The second-order valence-electron chi connectivity index (χ2n) is 7.68. The van der Waals surface area contributed by atoms with Crippen molar-refractivity contribution < 1.29 is 10.2 Å². The number of hydrogen-bond donors (Lipinski definition) is 2. The molecule has 0 aliphatic rings. The molecule has 2 heteroatoms. The molecule has 0 spiro atoms. The third-order valence-corrected chi connectivity index (χ3v) is 5.70. The molecule has 0 heterocycles. The molecule has 3 aromatic carbocycles. The predicted octanol–water partition coefficient (Wildman–Crippen LogP) is 6.36.